The monoisotopic (exact) mass is 470 g/mol. The Labute approximate surface area is 205 Å². The van der Waals surface area contributed by atoms with Crippen molar-refractivity contribution in [2.24, 2.45) is 0 Å². The zero-order chi connectivity index (χ0) is 24.2. The molecule has 0 saturated carbocycles. The molecule has 5 rings (SSSR count). The van der Waals surface area contributed by atoms with Crippen LogP contribution in [0.25, 0.3) is 0 Å². The maximum Gasteiger partial charge on any atom is 0.245 e. The molecule has 1 atom stereocenters. The standard InChI is InChI=1S/C28H30N4O3/c1-21-7-9-22(10-8-21)18-31-14-13-25(28(31)34)32-16-15-30(19-27(32)33)26-12-11-24(17-29-26)35-20-23-5-3-2-4-6-23/h2-12,17,25H,13-16,18-20H2,1H3. The maximum absolute atomic E-state index is 13.1. The third-order valence-corrected chi connectivity index (χ3v) is 6.69. The molecule has 2 saturated heterocycles. The lowest BCUT2D eigenvalue weighted by molar-refractivity contribution is -0.142. The lowest BCUT2D eigenvalue weighted by atomic mass is 10.1. The second kappa shape index (κ2) is 10.2. The van der Waals surface area contributed by atoms with Gasteiger partial charge in [-0.3, -0.25) is 9.59 Å². The summed E-state index contributed by atoms with van der Waals surface area (Å²) in [5.41, 5.74) is 3.41. The van der Waals surface area contributed by atoms with Crippen molar-refractivity contribution < 1.29 is 14.3 Å². The fraction of sp³-hybridized carbons (Fsp3) is 0.321. The van der Waals surface area contributed by atoms with Crippen LogP contribution < -0.4 is 9.64 Å². The Hall–Kier alpha value is -3.87. The first-order valence-electron chi connectivity index (χ1n) is 12.1. The minimum Gasteiger partial charge on any atom is -0.487 e. The molecule has 7 nitrogen and oxygen atoms in total. The van der Waals surface area contributed by atoms with Gasteiger partial charge in [0.25, 0.3) is 0 Å². The van der Waals surface area contributed by atoms with Gasteiger partial charge in [-0.1, -0.05) is 60.2 Å². The molecule has 0 aliphatic carbocycles. The van der Waals surface area contributed by atoms with E-state index < -0.39 is 0 Å². The van der Waals surface area contributed by atoms with Crippen molar-refractivity contribution in [1.29, 1.82) is 0 Å². The summed E-state index contributed by atoms with van der Waals surface area (Å²) in [4.78, 5) is 36.2. The Bertz CT molecular complexity index is 1170. The van der Waals surface area contributed by atoms with Gasteiger partial charge in [-0.05, 0) is 36.6 Å². The molecule has 2 aromatic carbocycles. The average molecular weight is 471 g/mol. The summed E-state index contributed by atoms with van der Waals surface area (Å²) in [5, 5.41) is 0. The number of hydrogen-bond acceptors (Lipinski definition) is 5. The predicted molar refractivity (Wildman–Crippen MR) is 134 cm³/mol. The van der Waals surface area contributed by atoms with Gasteiger partial charge in [-0.25, -0.2) is 4.98 Å². The fourth-order valence-electron chi connectivity index (χ4n) is 4.68. The number of rotatable bonds is 7. The zero-order valence-corrected chi connectivity index (χ0v) is 20.0. The largest absolute Gasteiger partial charge is 0.487 e. The summed E-state index contributed by atoms with van der Waals surface area (Å²) in [5.74, 6) is 1.44. The van der Waals surface area contributed by atoms with E-state index in [0.29, 0.717) is 45.0 Å². The number of carbonyl (C=O) groups excluding carboxylic acids is 2. The fourth-order valence-corrected chi connectivity index (χ4v) is 4.68. The van der Waals surface area contributed by atoms with Crippen LogP contribution in [0, 0.1) is 6.92 Å². The molecule has 1 unspecified atom stereocenters. The highest BCUT2D eigenvalue weighted by atomic mass is 16.5. The van der Waals surface area contributed by atoms with Crippen molar-refractivity contribution in [3.63, 3.8) is 0 Å². The van der Waals surface area contributed by atoms with E-state index in [4.69, 9.17) is 4.74 Å². The summed E-state index contributed by atoms with van der Waals surface area (Å²) in [7, 11) is 0. The minimum absolute atomic E-state index is 0.0296. The molecule has 2 aliphatic heterocycles. The van der Waals surface area contributed by atoms with Crippen LogP contribution in [0.1, 0.15) is 23.1 Å². The number of anilines is 1. The van der Waals surface area contributed by atoms with E-state index in [2.05, 4.69) is 36.2 Å². The summed E-state index contributed by atoms with van der Waals surface area (Å²) in [6.07, 6.45) is 2.38. The maximum atomic E-state index is 13.1. The number of aromatic nitrogens is 1. The molecule has 180 valence electrons. The first kappa shape index (κ1) is 22.9. The SMILES string of the molecule is Cc1ccc(CN2CCC(N3CCN(c4ccc(OCc5ccccc5)cn4)CC3=O)C2=O)cc1. The van der Waals surface area contributed by atoms with Gasteiger partial charge in [0.05, 0.1) is 12.7 Å². The van der Waals surface area contributed by atoms with E-state index in [0.717, 1.165) is 16.9 Å². The zero-order valence-electron chi connectivity index (χ0n) is 20.0. The first-order chi connectivity index (χ1) is 17.1. The van der Waals surface area contributed by atoms with E-state index in [1.54, 1.807) is 11.1 Å². The number of benzene rings is 2. The van der Waals surface area contributed by atoms with Gasteiger partial charge in [0.15, 0.2) is 0 Å². The minimum atomic E-state index is -0.364. The number of likely N-dealkylation sites (tertiary alicyclic amines) is 1. The average Bonchev–Trinajstić information content (AvgIpc) is 3.24. The lowest BCUT2D eigenvalue weighted by Gasteiger charge is -2.37. The van der Waals surface area contributed by atoms with Crippen LogP contribution in [0.15, 0.2) is 72.9 Å². The summed E-state index contributed by atoms with van der Waals surface area (Å²) in [6, 6.07) is 21.6. The summed E-state index contributed by atoms with van der Waals surface area (Å²) in [6.45, 7) is 5.18. The predicted octanol–water partition coefficient (Wildman–Crippen LogP) is 3.42. The van der Waals surface area contributed by atoms with Gasteiger partial charge < -0.3 is 19.4 Å². The number of carbonyl (C=O) groups is 2. The number of aryl methyl sites for hydroxylation is 1. The number of hydrogen-bond donors (Lipinski definition) is 0. The molecular formula is C28H30N4O3. The number of piperazine rings is 1. The normalized spacial score (nSPS) is 18.3. The second-order valence-corrected chi connectivity index (χ2v) is 9.18. The Morgan fingerprint density at radius 1 is 0.914 bits per heavy atom. The highest BCUT2D eigenvalue weighted by Crippen LogP contribution is 2.24. The van der Waals surface area contributed by atoms with E-state index in [9.17, 15) is 9.59 Å². The van der Waals surface area contributed by atoms with Crippen LogP contribution in [0.3, 0.4) is 0 Å². The molecular weight excluding hydrogens is 440 g/mol. The lowest BCUT2D eigenvalue weighted by Crippen LogP contribution is -2.56. The summed E-state index contributed by atoms with van der Waals surface area (Å²) >= 11 is 0. The van der Waals surface area contributed by atoms with Gasteiger partial charge >= 0.3 is 0 Å². The molecule has 0 bridgehead atoms. The topological polar surface area (TPSA) is 66.0 Å². The highest BCUT2D eigenvalue weighted by Gasteiger charge is 2.40. The smallest absolute Gasteiger partial charge is 0.245 e. The quantitative estimate of drug-likeness (QED) is 0.530. The molecule has 35 heavy (non-hydrogen) atoms. The molecule has 1 aromatic heterocycles. The van der Waals surface area contributed by atoms with Crippen molar-refractivity contribution in [1.82, 2.24) is 14.8 Å². The van der Waals surface area contributed by atoms with Crippen molar-refractivity contribution in [2.75, 3.05) is 31.1 Å². The van der Waals surface area contributed by atoms with Crippen molar-refractivity contribution in [2.45, 2.75) is 32.5 Å². The molecule has 0 N–H and O–H groups in total. The third-order valence-electron chi connectivity index (χ3n) is 6.69. The number of ether oxygens (including phenoxy) is 1. The number of pyridine rings is 1. The van der Waals surface area contributed by atoms with Gasteiger partial charge in [0.2, 0.25) is 11.8 Å². The number of amides is 2. The molecule has 3 aromatic rings. The van der Waals surface area contributed by atoms with Gasteiger partial charge in [0.1, 0.15) is 24.2 Å². The van der Waals surface area contributed by atoms with Gasteiger partial charge in [-0.15, -0.1) is 0 Å². The van der Waals surface area contributed by atoms with Gasteiger partial charge in [-0.2, -0.15) is 0 Å². The van der Waals surface area contributed by atoms with E-state index in [1.165, 1.54) is 5.56 Å². The van der Waals surface area contributed by atoms with Crippen LogP contribution in [0.4, 0.5) is 5.82 Å². The third kappa shape index (κ3) is 5.29. The van der Waals surface area contributed by atoms with Crippen LogP contribution >= 0.6 is 0 Å². The van der Waals surface area contributed by atoms with Crippen LogP contribution in [-0.2, 0) is 22.7 Å². The second-order valence-electron chi connectivity index (χ2n) is 9.18. The van der Waals surface area contributed by atoms with Crippen LogP contribution in [-0.4, -0.2) is 58.8 Å². The Morgan fingerprint density at radius 2 is 1.71 bits per heavy atom. The summed E-state index contributed by atoms with van der Waals surface area (Å²) < 4.78 is 5.81. The Kier molecular flexibility index (Phi) is 6.66. The molecule has 0 spiro atoms. The highest BCUT2D eigenvalue weighted by molar-refractivity contribution is 5.91. The molecule has 2 amide bonds. The number of nitrogens with zero attached hydrogens (tertiary/aromatic N) is 4. The van der Waals surface area contributed by atoms with Crippen molar-refractivity contribution in [3.05, 3.63) is 89.6 Å². The molecule has 2 fully saturated rings. The van der Waals surface area contributed by atoms with E-state index in [-0.39, 0.29) is 24.4 Å². The van der Waals surface area contributed by atoms with Crippen LogP contribution in [0.5, 0.6) is 5.75 Å². The van der Waals surface area contributed by atoms with E-state index in [1.807, 2.05) is 52.3 Å². The van der Waals surface area contributed by atoms with E-state index >= 15 is 0 Å². The molecule has 2 aliphatic rings. The Balaban J connectivity index is 1.15. The molecule has 3 heterocycles. The first-order valence-corrected chi connectivity index (χ1v) is 12.1. The van der Waals surface area contributed by atoms with Gasteiger partial charge in [0, 0.05) is 26.2 Å². The van der Waals surface area contributed by atoms with Crippen molar-refractivity contribution >= 4 is 17.6 Å². The van der Waals surface area contributed by atoms with Crippen LogP contribution in [0.2, 0.25) is 0 Å². The molecule has 7 heteroatoms. The molecule has 0 radical (unpaired) electrons. The Morgan fingerprint density at radius 3 is 2.43 bits per heavy atom. The van der Waals surface area contributed by atoms with Crippen molar-refractivity contribution in [3.8, 4) is 5.75 Å².